The number of carbonyl (C=O) groups is 3. The van der Waals surface area contributed by atoms with Crippen molar-refractivity contribution in [3.05, 3.63) is 0 Å². The minimum atomic E-state index is -0.761. The van der Waals surface area contributed by atoms with E-state index in [9.17, 15) is 14.4 Å². The Labute approximate surface area is 336 Å². The molecule has 6 heteroatoms. The Morgan fingerprint density at radius 1 is 0.389 bits per heavy atom. The highest BCUT2D eigenvalue weighted by molar-refractivity contribution is 5.71. The summed E-state index contributed by atoms with van der Waals surface area (Å²) in [5.74, 6) is 0.751. The first-order valence-electron chi connectivity index (χ1n) is 23.8. The minimum absolute atomic E-state index is 0.0657. The minimum Gasteiger partial charge on any atom is -0.462 e. The van der Waals surface area contributed by atoms with Gasteiger partial charge in [0, 0.05) is 19.3 Å². The Balaban J connectivity index is 4.31. The van der Waals surface area contributed by atoms with E-state index in [4.69, 9.17) is 14.2 Å². The van der Waals surface area contributed by atoms with E-state index in [-0.39, 0.29) is 31.1 Å². The zero-order valence-electron chi connectivity index (χ0n) is 36.8. The Hall–Kier alpha value is -1.59. The van der Waals surface area contributed by atoms with Crippen LogP contribution in [0.5, 0.6) is 0 Å². The second kappa shape index (κ2) is 41.1. The molecule has 0 saturated heterocycles. The van der Waals surface area contributed by atoms with Gasteiger partial charge in [0.15, 0.2) is 6.10 Å². The number of unbranched alkanes of at least 4 members (excludes halogenated alkanes) is 26. The molecule has 0 saturated carbocycles. The third-order valence-electron chi connectivity index (χ3n) is 11.1. The van der Waals surface area contributed by atoms with Gasteiger partial charge in [-0.15, -0.1) is 0 Å². The van der Waals surface area contributed by atoms with Crippen molar-refractivity contribution in [2.45, 2.75) is 265 Å². The topological polar surface area (TPSA) is 78.9 Å². The highest BCUT2D eigenvalue weighted by atomic mass is 16.6. The van der Waals surface area contributed by atoms with Crippen molar-refractivity contribution in [1.29, 1.82) is 0 Å². The Bertz CT molecular complexity index is 826. The number of rotatable bonds is 42. The van der Waals surface area contributed by atoms with Gasteiger partial charge in [0.05, 0.1) is 0 Å². The van der Waals surface area contributed by atoms with Crippen molar-refractivity contribution < 1.29 is 28.6 Å². The summed E-state index contributed by atoms with van der Waals surface area (Å²) in [6.07, 6.45) is 39.5. The maximum Gasteiger partial charge on any atom is 0.306 e. The summed E-state index contributed by atoms with van der Waals surface area (Å²) in [5.41, 5.74) is 0. The molecule has 0 aromatic carbocycles. The Morgan fingerprint density at radius 2 is 0.704 bits per heavy atom. The van der Waals surface area contributed by atoms with Gasteiger partial charge in [-0.25, -0.2) is 0 Å². The Kier molecular flexibility index (Phi) is 39.8. The molecule has 2 atom stereocenters. The smallest absolute Gasteiger partial charge is 0.306 e. The molecule has 0 radical (unpaired) electrons. The van der Waals surface area contributed by atoms with E-state index in [1.54, 1.807) is 0 Å². The molecule has 0 aliphatic carbocycles. The molecule has 54 heavy (non-hydrogen) atoms. The molecular formula is C48H92O6. The van der Waals surface area contributed by atoms with Gasteiger partial charge in [0.1, 0.15) is 13.2 Å². The average molecular weight is 765 g/mol. The van der Waals surface area contributed by atoms with Crippen molar-refractivity contribution in [1.82, 2.24) is 0 Å². The van der Waals surface area contributed by atoms with E-state index in [0.717, 1.165) is 69.6 Å². The van der Waals surface area contributed by atoms with Crippen molar-refractivity contribution >= 4 is 17.9 Å². The molecule has 0 aliphatic rings. The van der Waals surface area contributed by atoms with Crippen LogP contribution in [0.4, 0.5) is 0 Å². The van der Waals surface area contributed by atoms with E-state index >= 15 is 0 Å². The molecule has 0 aliphatic heterocycles. The van der Waals surface area contributed by atoms with Crippen molar-refractivity contribution in [2.75, 3.05) is 13.2 Å². The molecule has 0 aromatic heterocycles. The van der Waals surface area contributed by atoms with Gasteiger partial charge in [0.2, 0.25) is 0 Å². The lowest BCUT2D eigenvalue weighted by molar-refractivity contribution is -0.167. The van der Waals surface area contributed by atoms with Gasteiger partial charge in [-0.05, 0) is 31.1 Å². The monoisotopic (exact) mass is 765 g/mol. The third kappa shape index (κ3) is 40.1. The van der Waals surface area contributed by atoms with E-state index < -0.39 is 6.10 Å². The van der Waals surface area contributed by atoms with E-state index in [2.05, 4.69) is 34.6 Å². The predicted molar refractivity (Wildman–Crippen MR) is 229 cm³/mol. The van der Waals surface area contributed by atoms with Crippen LogP contribution in [0.2, 0.25) is 0 Å². The highest BCUT2D eigenvalue weighted by Crippen LogP contribution is 2.17. The second-order valence-corrected chi connectivity index (χ2v) is 17.1. The lowest BCUT2D eigenvalue weighted by Crippen LogP contribution is -2.30. The first-order chi connectivity index (χ1) is 26.3. The fraction of sp³-hybridized carbons (Fsp3) is 0.938. The zero-order valence-corrected chi connectivity index (χ0v) is 36.8. The molecule has 0 rings (SSSR count). The van der Waals surface area contributed by atoms with E-state index in [1.165, 1.54) is 148 Å². The number of ether oxygens (including phenoxy) is 3. The van der Waals surface area contributed by atoms with E-state index in [1.807, 2.05) is 0 Å². The van der Waals surface area contributed by atoms with Gasteiger partial charge in [-0.1, -0.05) is 221 Å². The summed E-state index contributed by atoms with van der Waals surface area (Å²) in [7, 11) is 0. The van der Waals surface area contributed by atoms with Gasteiger partial charge in [0.25, 0.3) is 0 Å². The standard InChI is InChI=1S/C48H92O6/c1-6-8-9-10-11-12-13-14-15-16-17-18-23-30-35-40-48(51)54-45(42-53-47(50)39-34-29-25-24-26-31-36-43(3)4)41-52-46(49)38-33-28-22-20-19-21-27-32-37-44(5)7-2/h43-45H,6-42H2,1-5H3/t44?,45-/m1/s1. The first-order valence-corrected chi connectivity index (χ1v) is 23.8. The maximum absolute atomic E-state index is 12.7. The van der Waals surface area contributed by atoms with Crippen LogP contribution in [0.15, 0.2) is 0 Å². The van der Waals surface area contributed by atoms with Gasteiger partial charge < -0.3 is 14.2 Å². The molecule has 0 aromatic rings. The fourth-order valence-electron chi connectivity index (χ4n) is 7.07. The SMILES string of the molecule is CCCCCCCCCCCCCCCCCC(=O)O[C@H](COC(=O)CCCCCCCCCCC(C)CC)COC(=O)CCCCCCCCC(C)C. The number of hydrogen-bond donors (Lipinski definition) is 0. The number of esters is 3. The molecule has 320 valence electrons. The van der Waals surface area contributed by atoms with Crippen LogP contribution < -0.4 is 0 Å². The number of hydrogen-bond acceptors (Lipinski definition) is 6. The summed E-state index contributed by atoms with van der Waals surface area (Å²) in [6, 6.07) is 0. The third-order valence-corrected chi connectivity index (χ3v) is 11.1. The largest absolute Gasteiger partial charge is 0.462 e. The lowest BCUT2D eigenvalue weighted by atomic mass is 9.99. The first kappa shape index (κ1) is 52.4. The van der Waals surface area contributed by atoms with Crippen LogP contribution in [-0.2, 0) is 28.6 Å². The molecule has 0 heterocycles. The van der Waals surface area contributed by atoms with Crippen LogP contribution in [0.3, 0.4) is 0 Å². The Morgan fingerprint density at radius 3 is 1.06 bits per heavy atom. The summed E-state index contributed by atoms with van der Waals surface area (Å²) in [4.78, 5) is 37.7. The van der Waals surface area contributed by atoms with Crippen LogP contribution in [0.1, 0.15) is 259 Å². The van der Waals surface area contributed by atoms with Crippen molar-refractivity contribution in [3.63, 3.8) is 0 Å². The molecule has 0 spiro atoms. The summed E-state index contributed by atoms with van der Waals surface area (Å²) in [6.45, 7) is 11.3. The van der Waals surface area contributed by atoms with Crippen molar-refractivity contribution in [3.8, 4) is 0 Å². The predicted octanol–water partition coefficient (Wildman–Crippen LogP) is 15.0. The highest BCUT2D eigenvalue weighted by Gasteiger charge is 2.19. The molecule has 0 N–H and O–H groups in total. The summed E-state index contributed by atoms with van der Waals surface area (Å²) < 4.78 is 16.7. The molecule has 6 nitrogen and oxygen atoms in total. The maximum atomic E-state index is 12.7. The van der Waals surface area contributed by atoms with Crippen LogP contribution >= 0.6 is 0 Å². The van der Waals surface area contributed by atoms with Crippen LogP contribution in [-0.4, -0.2) is 37.2 Å². The summed E-state index contributed by atoms with van der Waals surface area (Å²) in [5, 5.41) is 0. The molecule has 0 bridgehead atoms. The lowest BCUT2D eigenvalue weighted by Gasteiger charge is -2.18. The van der Waals surface area contributed by atoms with Gasteiger partial charge in [-0.2, -0.15) is 0 Å². The fourth-order valence-corrected chi connectivity index (χ4v) is 7.07. The average Bonchev–Trinajstić information content (AvgIpc) is 3.15. The number of carbonyl (C=O) groups excluding carboxylic acids is 3. The molecule has 0 fully saturated rings. The van der Waals surface area contributed by atoms with E-state index in [0.29, 0.717) is 19.3 Å². The normalized spacial score (nSPS) is 12.6. The van der Waals surface area contributed by atoms with Crippen LogP contribution in [0, 0.1) is 11.8 Å². The molecular weight excluding hydrogens is 673 g/mol. The quantitative estimate of drug-likeness (QED) is 0.0350. The summed E-state index contributed by atoms with van der Waals surface area (Å²) >= 11 is 0. The molecule has 1 unspecified atom stereocenters. The zero-order chi connectivity index (χ0) is 39.7. The van der Waals surface area contributed by atoms with Crippen LogP contribution in [0.25, 0.3) is 0 Å². The molecule has 0 amide bonds. The van der Waals surface area contributed by atoms with Crippen molar-refractivity contribution in [2.24, 2.45) is 11.8 Å². The van der Waals surface area contributed by atoms with Gasteiger partial charge >= 0.3 is 17.9 Å². The second-order valence-electron chi connectivity index (χ2n) is 17.1. The van der Waals surface area contributed by atoms with Gasteiger partial charge in [-0.3, -0.25) is 14.4 Å².